The van der Waals surface area contributed by atoms with Crippen LogP contribution in [0.25, 0.3) is 12.2 Å². The van der Waals surface area contributed by atoms with Crippen LogP contribution in [-0.2, 0) is 4.79 Å². The van der Waals surface area contributed by atoms with Gasteiger partial charge >= 0.3 is 6.03 Å². The van der Waals surface area contributed by atoms with Gasteiger partial charge in [0.2, 0.25) is 5.91 Å². The fraction of sp³-hybridized carbons (Fsp3) is 0.200. The van der Waals surface area contributed by atoms with Gasteiger partial charge in [0.15, 0.2) is 0 Å². The Bertz CT molecular complexity index is 1480. The molecule has 3 heterocycles. The lowest BCUT2D eigenvalue weighted by Crippen LogP contribution is -2.59. The van der Waals surface area contributed by atoms with Crippen LogP contribution in [-0.4, -0.2) is 46.9 Å². The fourth-order valence-corrected chi connectivity index (χ4v) is 6.66. The lowest BCUT2D eigenvalue weighted by Gasteiger charge is -2.44. The molecule has 3 amide bonds. The van der Waals surface area contributed by atoms with Crippen molar-refractivity contribution in [2.75, 3.05) is 18.0 Å². The monoisotopic (exact) mass is 525 g/mol. The number of para-hydroxylation sites is 2. The molecular weight excluding hydrogens is 494 g/mol. The summed E-state index contributed by atoms with van der Waals surface area (Å²) in [5.74, 6) is -0.227. The molecule has 198 valence electrons. The summed E-state index contributed by atoms with van der Waals surface area (Å²) in [5, 5.41) is 0. The van der Waals surface area contributed by atoms with Crippen molar-refractivity contribution < 1.29 is 9.59 Å². The predicted octanol–water partition coefficient (Wildman–Crippen LogP) is 6.94. The first-order valence-electron chi connectivity index (χ1n) is 14.1. The number of urea groups is 1. The van der Waals surface area contributed by atoms with Crippen molar-refractivity contribution in [2.45, 2.75) is 30.8 Å². The number of nitrogens with zero attached hydrogens (tertiary/aromatic N) is 3. The number of fused-ring (bicyclic) bond motifs is 4. The summed E-state index contributed by atoms with van der Waals surface area (Å²) in [4.78, 5) is 34.6. The molecule has 5 nitrogen and oxygen atoms in total. The molecule has 4 aromatic carbocycles. The smallest absolute Gasteiger partial charge is 0.329 e. The van der Waals surface area contributed by atoms with Crippen molar-refractivity contribution in [2.24, 2.45) is 0 Å². The van der Waals surface area contributed by atoms with Gasteiger partial charge in [-0.3, -0.25) is 9.69 Å². The third-order valence-corrected chi connectivity index (χ3v) is 8.51. The maximum Gasteiger partial charge on any atom is 0.329 e. The van der Waals surface area contributed by atoms with Gasteiger partial charge in [-0.2, -0.15) is 0 Å². The number of carbonyl (C=O) groups excluding carboxylic acids is 2. The summed E-state index contributed by atoms with van der Waals surface area (Å²) in [6, 6.07) is 36.2. The molecule has 2 bridgehead atoms. The van der Waals surface area contributed by atoms with Gasteiger partial charge < -0.3 is 9.80 Å². The molecule has 2 fully saturated rings. The Balaban J connectivity index is 1.19. The molecule has 0 aromatic heterocycles. The molecule has 0 aliphatic carbocycles. The normalized spacial score (nSPS) is 19.3. The van der Waals surface area contributed by atoms with E-state index in [0.29, 0.717) is 13.1 Å². The Morgan fingerprint density at radius 2 is 1.05 bits per heavy atom. The number of hydrogen-bond donors (Lipinski definition) is 0. The zero-order chi connectivity index (χ0) is 27.1. The summed E-state index contributed by atoms with van der Waals surface area (Å²) in [5.41, 5.74) is 5.79. The lowest BCUT2D eigenvalue weighted by molar-refractivity contribution is -0.137. The molecule has 0 radical (unpaired) electrons. The third-order valence-electron chi connectivity index (χ3n) is 8.51. The number of likely N-dealkylation sites (tertiary alicyclic amines) is 1. The SMILES string of the molecule is O=C(N1C[C@H]2CC[C@@H](C1)N2C(=O)C(c1ccccc1)c1ccccc1)N1c2ccccc2C=Cc2ccccc21. The van der Waals surface area contributed by atoms with E-state index in [1.165, 1.54) is 0 Å². The van der Waals surface area contributed by atoms with Crippen LogP contribution in [0.3, 0.4) is 0 Å². The van der Waals surface area contributed by atoms with Crippen molar-refractivity contribution in [1.29, 1.82) is 0 Å². The number of benzene rings is 4. The van der Waals surface area contributed by atoms with E-state index in [1.807, 2.05) is 119 Å². The highest BCUT2D eigenvalue weighted by Gasteiger charge is 2.47. The molecule has 40 heavy (non-hydrogen) atoms. The number of amides is 3. The van der Waals surface area contributed by atoms with E-state index in [-0.39, 0.29) is 29.9 Å². The molecular formula is C35H31N3O2. The van der Waals surface area contributed by atoms with Gasteiger partial charge in [0.05, 0.1) is 17.3 Å². The van der Waals surface area contributed by atoms with Gasteiger partial charge in [-0.05, 0) is 47.2 Å². The number of piperazine rings is 1. The van der Waals surface area contributed by atoms with Crippen LogP contribution >= 0.6 is 0 Å². The Kier molecular flexibility index (Phi) is 6.20. The van der Waals surface area contributed by atoms with Crippen LogP contribution in [0.2, 0.25) is 0 Å². The van der Waals surface area contributed by atoms with E-state index in [1.54, 1.807) is 0 Å². The summed E-state index contributed by atoms with van der Waals surface area (Å²) in [6.45, 7) is 1.07. The Morgan fingerprint density at radius 3 is 1.55 bits per heavy atom. The minimum absolute atomic E-state index is 0.000662. The summed E-state index contributed by atoms with van der Waals surface area (Å²) >= 11 is 0. The van der Waals surface area contributed by atoms with Crippen LogP contribution in [0.5, 0.6) is 0 Å². The second kappa shape index (κ2) is 10.2. The average Bonchev–Trinajstić information content (AvgIpc) is 3.16. The molecule has 3 aliphatic rings. The zero-order valence-electron chi connectivity index (χ0n) is 22.3. The van der Waals surface area contributed by atoms with Crippen molar-refractivity contribution in [3.05, 3.63) is 131 Å². The van der Waals surface area contributed by atoms with Gasteiger partial charge in [0.25, 0.3) is 0 Å². The second-order valence-electron chi connectivity index (χ2n) is 10.9. The molecule has 0 spiro atoms. The van der Waals surface area contributed by atoms with Crippen molar-refractivity contribution >= 4 is 35.5 Å². The maximum absolute atomic E-state index is 14.3. The quantitative estimate of drug-likeness (QED) is 0.291. The first-order chi connectivity index (χ1) is 19.7. The zero-order valence-corrected chi connectivity index (χ0v) is 22.3. The third kappa shape index (κ3) is 4.19. The summed E-state index contributed by atoms with van der Waals surface area (Å²) < 4.78 is 0. The highest BCUT2D eigenvalue weighted by atomic mass is 16.2. The van der Waals surface area contributed by atoms with E-state index in [0.717, 1.165) is 46.5 Å². The van der Waals surface area contributed by atoms with E-state index in [2.05, 4.69) is 17.1 Å². The van der Waals surface area contributed by atoms with Gasteiger partial charge in [0, 0.05) is 25.2 Å². The maximum atomic E-state index is 14.3. The highest BCUT2D eigenvalue weighted by Crippen LogP contribution is 2.40. The molecule has 0 unspecified atom stereocenters. The minimum atomic E-state index is -0.358. The molecule has 0 N–H and O–H groups in total. The van der Waals surface area contributed by atoms with Crippen molar-refractivity contribution in [1.82, 2.24) is 9.80 Å². The predicted molar refractivity (Wildman–Crippen MR) is 159 cm³/mol. The Morgan fingerprint density at radius 1 is 0.600 bits per heavy atom. The molecule has 5 heteroatoms. The largest absolute Gasteiger partial charge is 0.332 e. The van der Waals surface area contributed by atoms with Crippen LogP contribution in [0.1, 0.15) is 41.0 Å². The summed E-state index contributed by atoms with van der Waals surface area (Å²) in [6.07, 6.45) is 5.97. The van der Waals surface area contributed by atoms with Crippen LogP contribution in [0, 0.1) is 0 Å². The van der Waals surface area contributed by atoms with E-state index in [9.17, 15) is 9.59 Å². The average molecular weight is 526 g/mol. The number of hydrogen-bond acceptors (Lipinski definition) is 2. The van der Waals surface area contributed by atoms with E-state index in [4.69, 9.17) is 0 Å². The molecule has 4 aromatic rings. The Labute approximate surface area is 235 Å². The number of carbonyl (C=O) groups is 2. The van der Waals surface area contributed by atoms with Crippen LogP contribution in [0.15, 0.2) is 109 Å². The van der Waals surface area contributed by atoms with E-state index < -0.39 is 0 Å². The van der Waals surface area contributed by atoms with Gasteiger partial charge in [-0.15, -0.1) is 0 Å². The molecule has 2 saturated heterocycles. The standard InChI is InChI=1S/C35H31N3O2/c39-34(33(27-13-3-1-4-14-27)28-15-5-2-6-16-28)37-29-21-22-30(37)24-36(23-29)35(40)38-31-17-9-7-11-25(31)19-20-26-12-8-10-18-32(26)38/h1-20,29-30,33H,21-24H2/t29-,30+. The van der Waals surface area contributed by atoms with Crippen LogP contribution < -0.4 is 4.90 Å². The minimum Gasteiger partial charge on any atom is -0.332 e. The Hall–Kier alpha value is -4.64. The van der Waals surface area contributed by atoms with Gasteiger partial charge in [-0.25, -0.2) is 4.79 Å². The summed E-state index contributed by atoms with van der Waals surface area (Å²) in [7, 11) is 0. The lowest BCUT2D eigenvalue weighted by atomic mass is 9.89. The van der Waals surface area contributed by atoms with E-state index >= 15 is 0 Å². The van der Waals surface area contributed by atoms with Crippen molar-refractivity contribution in [3.63, 3.8) is 0 Å². The topological polar surface area (TPSA) is 43.9 Å². The molecule has 7 rings (SSSR count). The number of rotatable bonds is 3. The highest BCUT2D eigenvalue weighted by molar-refractivity contribution is 6.05. The first kappa shape index (κ1) is 24.4. The van der Waals surface area contributed by atoms with Crippen LogP contribution in [0.4, 0.5) is 16.2 Å². The first-order valence-corrected chi connectivity index (χ1v) is 14.1. The van der Waals surface area contributed by atoms with Crippen molar-refractivity contribution in [3.8, 4) is 0 Å². The second-order valence-corrected chi connectivity index (χ2v) is 10.9. The number of anilines is 2. The molecule has 0 saturated carbocycles. The molecule has 2 atom stereocenters. The molecule has 3 aliphatic heterocycles. The fourth-order valence-electron chi connectivity index (χ4n) is 6.66. The van der Waals surface area contributed by atoms with Gasteiger partial charge in [-0.1, -0.05) is 109 Å². The van der Waals surface area contributed by atoms with Gasteiger partial charge in [0.1, 0.15) is 0 Å².